The molecule has 30 heavy (non-hydrogen) atoms. The molecule has 2 aromatic heterocycles. The molecule has 156 valence electrons. The zero-order chi connectivity index (χ0) is 21.3. The number of halogens is 3. The van der Waals surface area contributed by atoms with Gasteiger partial charge in [0.25, 0.3) is 0 Å². The minimum atomic E-state index is -4.45. The lowest BCUT2D eigenvalue weighted by Gasteiger charge is -2.17. The molecular formula is C20H16F3N3O3S. The van der Waals surface area contributed by atoms with Gasteiger partial charge in [-0.1, -0.05) is 41.7 Å². The van der Waals surface area contributed by atoms with Crippen LogP contribution in [0.1, 0.15) is 22.5 Å². The molecule has 1 N–H and O–H groups in total. The van der Waals surface area contributed by atoms with Crippen LogP contribution in [0.25, 0.3) is 10.6 Å². The molecule has 0 spiro atoms. The number of alkyl halides is 3. The first kappa shape index (κ1) is 20.1. The Balaban J connectivity index is 1.49. The summed E-state index contributed by atoms with van der Waals surface area (Å²) in [6, 6.07) is 11.4. The van der Waals surface area contributed by atoms with Crippen molar-refractivity contribution in [2.45, 2.75) is 18.7 Å². The molecule has 1 atom stereocenters. The highest BCUT2D eigenvalue weighted by molar-refractivity contribution is 7.19. The Labute approximate surface area is 173 Å². The highest BCUT2D eigenvalue weighted by Crippen LogP contribution is 2.37. The summed E-state index contributed by atoms with van der Waals surface area (Å²) in [7, 11) is 0. The molecule has 1 aliphatic rings. The monoisotopic (exact) mass is 435 g/mol. The van der Waals surface area contributed by atoms with Gasteiger partial charge in [-0.2, -0.15) is 13.2 Å². The Kier molecular flexibility index (Phi) is 5.33. The first-order chi connectivity index (χ1) is 14.3. The summed E-state index contributed by atoms with van der Waals surface area (Å²) in [6.45, 7) is 0.932. The number of rotatable bonds is 5. The molecule has 1 saturated heterocycles. The van der Waals surface area contributed by atoms with E-state index in [4.69, 9.17) is 4.74 Å². The average molecular weight is 435 g/mol. The number of ether oxygens (including phenoxy) is 1. The van der Waals surface area contributed by atoms with Crippen LogP contribution < -0.4 is 9.64 Å². The average Bonchev–Trinajstić information content (AvgIpc) is 3.35. The third-order valence-electron chi connectivity index (χ3n) is 4.62. The maximum Gasteiger partial charge on any atom is 0.417 e. The first-order valence-electron chi connectivity index (χ1n) is 9.05. The molecule has 0 aliphatic carbocycles. The van der Waals surface area contributed by atoms with Gasteiger partial charge in [0.05, 0.1) is 12.1 Å². The molecule has 0 radical (unpaired) electrons. The van der Waals surface area contributed by atoms with Gasteiger partial charge in [-0.05, 0) is 6.07 Å². The topological polar surface area (TPSA) is 75.5 Å². The summed E-state index contributed by atoms with van der Waals surface area (Å²) in [5.41, 5.74) is -0.0311. The number of nitrogens with zero attached hydrogens (tertiary/aromatic N) is 3. The van der Waals surface area contributed by atoms with Gasteiger partial charge >= 0.3 is 12.1 Å². The van der Waals surface area contributed by atoms with E-state index in [2.05, 4.69) is 9.97 Å². The number of hydrogen-bond donors (Lipinski definition) is 1. The van der Waals surface area contributed by atoms with E-state index in [-0.39, 0.29) is 17.7 Å². The van der Waals surface area contributed by atoms with Gasteiger partial charge < -0.3 is 14.7 Å². The van der Waals surface area contributed by atoms with E-state index in [1.165, 1.54) is 17.4 Å². The predicted molar refractivity (Wildman–Crippen MR) is 105 cm³/mol. The van der Waals surface area contributed by atoms with E-state index in [9.17, 15) is 23.1 Å². The van der Waals surface area contributed by atoms with Crippen molar-refractivity contribution < 1.29 is 27.8 Å². The van der Waals surface area contributed by atoms with Crippen LogP contribution in [0.3, 0.4) is 0 Å². The fourth-order valence-electron chi connectivity index (χ4n) is 3.17. The quantitative estimate of drug-likeness (QED) is 0.632. The smallest absolute Gasteiger partial charge is 0.417 e. The predicted octanol–water partition coefficient (Wildman–Crippen LogP) is 4.58. The van der Waals surface area contributed by atoms with Gasteiger partial charge in [0.2, 0.25) is 5.88 Å². The molecule has 0 amide bonds. The Morgan fingerprint density at radius 3 is 2.60 bits per heavy atom. The molecular weight excluding hydrogens is 419 g/mol. The summed E-state index contributed by atoms with van der Waals surface area (Å²) in [6.07, 6.45) is -3.45. The van der Waals surface area contributed by atoms with Gasteiger partial charge in [0.1, 0.15) is 16.1 Å². The molecule has 10 heteroatoms. The first-order valence-corrected chi connectivity index (χ1v) is 9.87. The van der Waals surface area contributed by atoms with E-state index in [1.807, 2.05) is 35.2 Å². The van der Waals surface area contributed by atoms with Crippen molar-refractivity contribution >= 4 is 22.3 Å². The van der Waals surface area contributed by atoms with E-state index < -0.39 is 17.7 Å². The van der Waals surface area contributed by atoms with Crippen LogP contribution in [0.4, 0.5) is 18.2 Å². The number of pyridine rings is 1. The Morgan fingerprint density at radius 2 is 1.97 bits per heavy atom. The molecule has 0 saturated carbocycles. The van der Waals surface area contributed by atoms with Crippen LogP contribution in [-0.4, -0.2) is 40.2 Å². The van der Waals surface area contributed by atoms with E-state index in [1.54, 1.807) is 0 Å². The van der Waals surface area contributed by atoms with Crippen molar-refractivity contribution in [3.05, 3.63) is 59.9 Å². The van der Waals surface area contributed by atoms with Crippen molar-refractivity contribution in [1.82, 2.24) is 9.97 Å². The summed E-state index contributed by atoms with van der Waals surface area (Å²) < 4.78 is 43.7. The normalized spacial score (nSPS) is 16.6. The minimum absolute atomic E-state index is 0.0211. The largest absolute Gasteiger partial charge is 0.476 e. The number of carbonyl (C=O) groups is 1. The second kappa shape index (κ2) is 7.94. The third kappa shape index (κ3) is 4.23. The van der Waals surface area contributed by atoms with Gasteiger partial charge in [-0.3, -0.25) is 0 Å². The zero-order valence-corrected chi connectivity index (χ0v) is 16.3. The molecule has 1 aromatic carbocycles. The summed E-state index contributed by atoms with van der Waals surface area (Å²) in [5, 5.41) is 10.7. The van der Waals surface area contributed by atoms with Crippen molar-refractivity contribution in [2.75, 3.05) is 18.0 Å². The molecule has 1 aliphatic heterocycles. The molecule has 1 unspecified atom stereocenters. The van der Waals surface area contributed by atoms with E-state index in [0.717, 1.165) is 17.8 Å². The number of aromatic nitrogens is 2. The summed E-state index contributed by atoms with van der Waals surface area (Å²) in [5.74, 6) is -1.01. The van der Waals surface area contributed by atoms with Gasteiger partial charge in [-0.15, -0.1) is 0 Å². The fourth-order valence-corrected chi connectivity index (χ4v) is 4.27. The molecule has 1 fully saturated rings. The SMILES string of the molecule is O=C(O)c1nc(-c2ccccc2)sc1N1CCC(Oc2ccc(C(F)(F)F)cn2)C1. The maximum absolute atomic E-state index is 12.7. The second-order valence-corrected chi connectivity index (χ2v) is 7.68. The van der Waals surface area contributed by atoms with Gasteiger partial charge in [0.15, 0.2) is 5.69 Å². The number of benzene rings is 1. The lowest BCUT2D eigenvalue weighted by atomic mass is 10.2. The van der Waals surface area contributed by atoms with Gasteiger partial charge in [-0.25, -0.2) is 14.8 Å². The van der Waals surface area contributed by atoms with Crippen LogP contribution in [0, 0.1) is 0 Å². The number of carboxylic acid groups (broad SMARTS) is 1. The molecule has 0 bridgehead atoms. The lowest BCUT2D eigenvalue weighted by Crippen LogP contribution is -2.25. The standard InChI is InChI=1S/C20H16F3N3O3S/c21-20(22,23)13-6-7-15(24-10-13)29-14-8-9-26(11-14)18-16(19(27)28)25-17(30-18)12-4-2-1-3-5-12/h1-7,10,14H,8-9,11H2,(H,27,28). The van der Waals surface area contributed by atoms with Crippen LogP contribution in [0.15, 0.2) is 48.7 Å². The number of thiazole rings is 1. The van der Waals surface area contributed by atoms with Crippen LogP contribution >= 0.6 is 11.3 Å². The van der Waals surface area contributed by atoms with Crippen LogP contribution in [0.5, 0.6) is 5.88 Å². The Bertz CT molecular complexity index is 1040. The fraction of sp³-hybridized carbons (Fsp3) is 0.250. The van der Waals surface area contributed by atoms with Crippen molar-refractivity contribution in [3.8, 4) is 16.5 Å². The van der Waals surface area contributed by atoms with Crippen molar-refractivity contribution in [3.63, 3.8) is 0 Å². The third-order valence-corrected chi connectivity index (χ3v) is 5.78. The Hall–Kier alpha value is -3.14. The zero-order valence-electron chi connectivity index (χ0n) is 15.5. The number of carboxylic acids is 1. The number of anilines is 1. The van der Waals surface area contributed by atoms with Gasteiger partial charge in [0, 0.05) is 30.8 Å². The lowest BCUT2D eigenvalue weighted by molar-refractivity contribution is -0.137. The van der Waals surface area contributed by atoms with E-state index in [0.29, 0.717) is 29.5 Å². The second-order valence-electron chi connectivity index (χ2n) is 6.70. The Morgan fingerprint density at radius 1 is 1.20 bits per heavy atom. The minimum Gasteiger partial charge on any atom is -0.476 e. The molecule has 4 rings (SSSR count). The van der Waals surface area contributed by atoms with Crippen LogP contribution in [0.2, 0.25) is 0 Å². The van der Waals surface area contributed by atoms with E-state index >= 15 is 0 Å². The maximum atomic E-state index is 12.7. The highest BCUT2D eigenvalue weighted by Gasteiger charge is 2.32. The number of hydrogen-bond acceptors (Lipinski definition) is 6. The van der Waals surface area contributed by atoms with Crippen LogP contribution in [-0.2, 0) is 6.18 Å². The highest BCUT2D eigenvalue weighted by atomic mass is 32.1. The summed E-state index contributed by atoms with van der Waals surface area (Å²) in [4.78, 5) is 21.6. The molecule has 6 nitrogen and oxygen atoms in total. The molecule has 3 aromatic rings. The van der Waals surface area contributed by atoms with Crippen molar-refractivity contribution in [1.29, 1.82) is 0 Å². The summed E-state index contributed by atoms with van der Waals surface area (Å²) >= 11 is 1.29. The van der Waals surface area contributed by atoms with Crippen molar-refractivity contribution in [2.24, 2.45) is 0 Å². The molecule has 3 heterocycles. The number of aromatic carboxylic acids is 1.